The van der Waals surface area contributed by atoms with Crippen molar-refractivity contribution in [1.82, 2.24) is 0 Å². The normalized spacial score (nSPS) is 11.6. The molecule has 0 aliphatic carbocycles. The molecule has 0 fully saturated rings. The molecule has 0 saturated carbocycles. The molecular formula is C11H13NO5. The molecular weight excluding hydrogens is 226 g/mol. The van der Waals surface area contributed by atoms with Gasteiger partial charge in [-0.2, -0.15) is 0 Å². The summed E-state index contributed by atoms with van der Waals surface area (Å²) < 4.78 is 9.64. The molecule has 0 unspecified atom stereocenters. The second-order valence-corrected chi connectivity index (χ2v) is 3.38. The van der Waals surface area contributed by atoms with Crippen LogP contribution in [0.15, 0.2) is 18.2 Å². The van der Waals surface area contributed by atoms with Gasteiger partial charge in [0.05, 0.1) is 12.7 Å². The fourth-order valence-corrected chi connectivity index (χ4v) is 1.18. The molecule has 17 heavy (non-hydrogen) atoms. The van der Waals surface area contributed by atoms with Gasteiger partial charge in [0.2, 0.25) is 0 Å². The van der Waals surface area contributed by atoms with Crippen molar-refractivity contribution in [3.05, 3.63) is 23.8 Å². The first-order valence-electron chi connectivity index (χ1n) is 4.82. The number of carboxylic acids is 1. The predicted molar refractivity (Wildman–Crippen MR) is 59.9 cm³/mol. The number of carbonyl (C=O) groups excluding carboxylic acids is 1. The number of benzene rings is 1. The Labute approximate surface area is 97.9 Å². The molecule has 0 aliphatic heterocycles. The van der Waals surface area contributed by atoms with E-state index in [0.29, 0.717) is 5.69 Å². The van der Waals surface area contributed by atoms with E-state index in [1.165, 1.54) is 32.2 Å². The molecule has 0 aliphatic rings. The van der Waals surface area contributed by atoms with Crippen LogP contribution >= 0.6 is 0 Å². The topological polar surface area (TPSA) is 98.9 Å². The average Bonchev–Trinajstić information content (AvgIpc) is 2.26. The van der Waals surface area contributed by atoms with Gasteiger partial charge in [-0.15, -0.1) is 0 Å². The zero-order chi connectivity index (χ0) is 13.0. The molecule has 6 nitrogen and oxygen atoms in total. The van der Waals surface area contributed by atoms with Crippen molar-refractivity contribution >= 4 is 17.6 Å². The molecule has 0 amide bonds. The summed E-state index contributed by atoms with van der Waals surface area (Å²) in [7, 11) is 1.24. The average molecular weight is 239 g/mol. The molecule has 0 aromatic heterocycles. The van der Waals surface area contributed by atoms with E-state index in [2.05, 4.69) is 4.74 Å². The van der Waals surface area contributed by atoms with Gasteiger partial charge in [-0.05, 0) is 19.1 Å². The lowest BCUT2D eigenvalue weighted by Gasteiger charge is -2.11. The third kappa shape index (κ3) is 3.37. The number of hydrogen-bond donors (Lipinski definition) is 2. The number of rotatable bonds is 4. The predicted octanol–water partition coefficient (Wildman–Crippen LogP) is 0.907. The van der Waals surface area contributed by atoms with Crippen LogP contribution in [0.5, 0.6) is 5.75 Å². The van der Waals surface area contributed by atoms with E-state index in [9.17, 15) is 9.59 Å². The van der Waals surface area contributed by atoms with Gasteiger partial charge < -0.3 is 20.3 Å². The Morgan fingerprint density at radius 2 is 2.00 bits per heavy atom. The van der Waals surface area contributed by atoms with E-state index in [1.807, 2.05) is 0 Å². The maximum Gasteiger partial charge on any atom is 0.344 e. The summed E-state index contributed by atoms with van der Waals surface area (Å²) in [5, 5.41) is 8.69. The molecule has 0 bridgehead atoms. The minimum Gasteiger partial charge on any atom is -0.479 e. The van der Waals surface area contributed by atoms with E-state index < -0.39 is 18.0 Å². The molecule has 1 aromatic rings. The molecule has 92 valence electrons. The van der Waals surface area contributed by atoms with Crippen molar-refractivity contribution in [3.8, 4) is 5.75 Å². The monoisotopic (exact) mass is 239 g/mol. The van der Waals surface area contributed by atoms with E-state index in [-0.39, 0.29) is 11.3 Å². The molecule has 0 saturated heterocycles. The maximum absolute atomic E-state index is 11.3. The maximum atomic E-state index is 11.3. The molecule has 1 rings (SSSR count). The highest BCUT2D eigenvalue weighted by Gasteiger charge is 2.14. The molecule has 0 heterocycles. The third-order valence-corrected chi connectivity index (χ3v) is 2.01. The first kappa shape index (κ1) is 12.8. The highest BCUT2D eigenvalue weighted by Crippen LogP contribution is 2.20. The Bertz CT molecular complexity index is 443. The summed E-state index contributed by atoms with van der Waals surface area (Å²) in [4.78, 5) is 21.9. The first-order valence-corrected chi connectivity index (χ1v) is 4.82. The smallest absolute Gasteiger partial charge is 0.344 e. The highest BCUT2D eigenvalue weighted by molar-refractivity contribution is 5.91. The van der Waals surface area contributed by atoms with Crippen LogP contribution < -0.4 is 10.5 Å². The number of hydrogen-bond acceptors (Lipinski definition) is 5. The van der Waals surface area contributed by atoms with Gasteiger partial charge in [0, 0.05) is 11.8 Å². The van der Waals surface area contributed by atoms with Crippen molar-refractivity contribution < 1.29 is 24.2 Å². The zero-order valence-corrected chi connectivity index (χ0v) is 9.47. The largest absolute Gasteiger partial charge is 0.479 e. The lowest BCUT2D eigenvalue weighted by molar-refractivity contribution is -0.144. The number of nitrogens with two attached hydrogens (primary N) is 1. The molecule has 0 spiro atoms. The number of esters is 1. The highest BCUT2D eigenvalue weighted by atomic mass is 16.5. The SMILES string of the molecule is COC(=O)c1cc(N)cc(O[C@H](C)C(=O)O)c1. The van der Waals surface area contributed by atoms with Gasteiger partial charge in [0.1, 0.15) is 5.75 Å². The van der Waals surface area contributed by atoms with E-state index >= 15 is 0 Å². The van der Waals surface area contributed by atoms with E-state index in [0.717, 1.165) is 0 Å². The van der Waals surface area contributed by atoms with Crippen LogP contribution in [0.3, 0.4) is 0 Å². The number of anilines is 1. The Morgan fingerprint density at radius 1 is 1.35 bits per heavy atom. The standard InChI is InChI=1S/C11H13NO5/c1-6(10(13)14)17-9-4-7(11(15)16-2)3-8(12)5-9/h3-6H,12H2,1-2H3,(H,13,14)/t6-/m1/s1. The number of nitrogen functional groups attached to an aromatic ring is 1. The Kier molecular flexibility index (Phi) is 3.92. The third-order valence-electron chi connectivity index (χ3n) is 2.01. The fourth-order valence-electron chi connectivity index (χ4n) is 1.18. The molecule has 6 heteroatoms. The number of ether oxygens (including phenoxy) is 2. The second-order valence-electron chi connectivity index (χ2n) is 3.38. The van der Waals surface area contributed by atoms with Crippen LogP contribution in [-0.4, -0.2) is 30.3 Å². The molecule has 3 N–H and O–H groups in total. The zero-order valence-electron chi connectivity index (χ0n) is 9.47. The molecule has 0 radical (unpaired) electrons. The lowest BCUT2D eigenvalue weighted by atomic mass is 10.2. The number of carboxylic acid groups (broad SMARTS) is 1. The van der Waals surface area contributed by atoms with Crippen LogP contribution in [0.4, 0.5) is 5.69 Å². The number of methoxy groups -OCH3 is 1. The Hall–Kier alpha value is -2.24. The van der Waals surface area contributed by atoms with Crippen LogP contribution in [0.25, 0.3) is 0 Å². The van der Waals surface area contributed by atoms with Crippen LogP contribution in [-0.2, 0) is 9.53 Å². The molecule has 1 aromatic carbocycles. The Morgan fingerprint density at radius 3 is 2.53 bits per heavy atom. The second kappa shape index (κ2) is 5.20. The lowest BCUT2D eigenvalue weighted by Crippen LogP contribution is -2.23. The van der Waals surface area contributed by atoms with Gasteiger partial charge in [-0.25, -0.2) is 9.59 Å². The summed E-state index contributed by atoms with van der Waals surface area (Å²) in [5.41, 5.74) is 6.07. The van der Waals surface area contributed by atoms with E-state index in [1.54, 1.807) is 0 Å². The van der Waals surface area contributed by atoms with Gasteiger partial charge >= 0.3 is 11.9 Å². The summed E-state index contributed by atoms with van der Waals surface area (Å²) in [6, 6.07) is 4.23. The Balaban J connectivity index is 2.97. The first-order chi connectivity index (χ1) is 7.93. The summed E-state index contributed by atoms with van der Waals surface area (Å²) in [6.45, 7) is 1.38. The fraction of sp³-hybridized carbons (Fsp3) is 0.273. The van der Waals surface area contributed by atoms with E-state index in [4.69, 9.17) is 15.6 Å². The summed E-state index contributed by atoms with van der Waals surface area (Å²) >= 11 is 0. The number of carbonyl (C=O) groups is 2. The minimum absolute atomic E-state index is 0.208. The van der Waals surface area contributed by atoms with Gasteiger partial charge in [0.15, 0.2) is 6.10 Å². The van der Waals surface area contributed by atoms with Crippen molar-refractivity contribution in [1.29, 1.82) is 0 Å². The van der Waals surface area contributed by atoms with Crippen molar-refractivity contribution in [3.63, 3.8) is 0 Å². The van der Waals surface area contributed by atoms with Crippen LogP contribution in [0, 0.1) is 0 Å². The van der Waals surface area contributed by atoms with Crippen LogP contribution in [0.1, 0.15) is 17.3 Å². The van der Waals surface area contributed by atoms with Crippen LogP contribution in [0.2, 0.25) is 0 Å². The summed E-state index contributed by atoms with van der Waals surface area (Å²) in [5.74, 6) is -1.46. The van der Waals surface area contributed by atoms with Gasteiger partial charge in [-0.1, -0.05) is 0 Å². The molecule has 1 atom stereocenters. The van der Waals surface area contributed by atoms with Crippen molar-refractivity contribution in [2.24, 2.45) is 0 Å². The van der Waals surface area contributed by atoms with Crippen molar-refractivity contribution in [2.75, 3.05) is 12.8 Å². The quantitative estimate of drug-likeness (QED) is 0.598. The van der Waals surface area contributed by atoms with Gasteiger partial charge in [0.25, 0.3) is 0 Å². The minimum atomic E-state index is -1.10. The number of aliphatic carboxylic acids is 1. The van der Waals surface area contributed by atoms with Gasteiger partial charge in [-0.3, -0.25) is 0 Å². The summed E-state index contributed by atoms with van der Waals surface area (Å²) in [6.07, 6.45) is -1.03. The van der Waals surface area contributed by atoms with Crippen molar-refractivity contribution in [2.45, 2.75) is 13.0 Å².